The Morgan fingerprint density at radius 2 is 0.554 bits per heavy atom. The predicted molar refractivity (Wildman–Crippen MR) is 253 cm³/mol. The second-order valence-corrected chi connectivity index (χ2v) is 17.5. The van der Waals surface area contributed by atoms with E-state index in [1.54, 1.807) is 0 Å². The van der Waals surface area contributed by atoms with Crippen molar-refractivity contribution in [2.24, 2.45) is 5.92 Å². The van der Waals surface area contributed by atoms with Gasteiger partial charge in [-0.25, -0.2) is 0 Å². The van der Waals surface area contributed by atoms with E-state index < -0.39 is 0 Å². The topological polar surface area (TPSA) is 26.3 Å². The molecule has 0 aromatic heterocycles. The second-order valence-electron chi connectivity index (χ2n) is 17.5. The monoisotopic (exact) mass is 783 g/mol. The number of hydrogen-bond donors (Lipinski definition) is 0. The Balaban J connectivity index is 4.17. The number of ether oxygens (including phenoxy) is 1. The van der Waals surface area contributed by atoms with Gasteiger partial charge in [0.2, 0.25) is 0 Å². The lowest BCUT2D eigenvalue weighted by Crippen LogP contribution is -2.18. The highest BCUT2D eigenvalue weighted by atomic mass is 16.5. The van der Waals surface area contributed by atoms with Crippen molar-refractivity contribution >= 4 is 5.97 Å². The van der Waals surface area contributed by atoms with Gasteiger partial charge in [-0.3, -0.25) is 4.79 Å². The van der Waals surface area contributed by atoms with Crippen molar-refractivity contribution in [3.8, 4) is 0 Å². The van der Waals surface area contributed by atoms with Gasteiger partial charge in [-0.15, -0.1) is 0 Å². The first-order valence-corrected chi connectivity index (χ1v) is 25.9. The Morgan fingerprint density at radius 3 is 0.839 bits per heavy atom. The lowest BCUT2D eigenvalue weighted by molar-refractivity contribution is -0.149. The quantitative estimate of drug-likeness (QED) is 0.0349. The number of rotatable bonds is 47. The minimum absolute atomic E-state index is 0.100. The van der Waals surface area contributed by atoms with Crippen molar-refractivity contribution in [3.63, 3.8) is 0 Å². The summed E-state index contributed by atoms with van der Waals surface area (Å²) in [7, 11) is 0. The molecule has 2 nitrogen and oxygen atoms in total. The van der Waals surface area contributed by atoms with Crippen LogP contribution < -0.4 is 0 Å². The first-order chi connectivity index (χ1) is 27.8. The zero-order valence-electron chi connectivity index (χ0n) is 38.8. The van der Waals surface area contributed by atoms with Gasteiger partial charge in [0.15, 0.2) is 0 Å². The molecule has 0 amide bonds. The minimum atomic E-state index is 0.100. The molecule has 0 aliphatic rings. The van der Waals surface area contributed by atoms with E-state index in [2.05, 4.69) is 57.2 Å². The third kappa shape index (κ3) is 45.4. The first-order valence-electron chi connectivity index (χ1n) is 25.9. The fraction of sp³-hybridized carbons (Fsp3) is 0.870. The number of allylic oxidation sites excluding steroid dienone is 6. The van der Waals surface area contributed by atoms with Crippen LogP contribution in [0.2, 0.25) is 0 Å². The highest BCUT2D eigenvalue weighted by Gasteiger charge is 2.19. The van der Waals surface area contributed by atoms with Gasteiger partial charge in [0.25, 0.3) is 0 Å². The van der Waals surface area contributed by atoms with Crippen molar-refractivity contribution in [1.82, 2.24) is 0 Å². The highest BCUT2D eigenvalue weighted by molar-refractivity contribution is 5.72. The zero-order valence-corrected chi connectivity index (χ0v) is 38.8. The Labute approximate surface area is 353 Å². The minimum Gasteiger partial charge on any atom is -0.465 e. The van der Waals surface area contributed by atoms with Crippen LogP contribution in [-0.4, -0.2) is 12.6 Å². The molecule has 0 saturated heterocycles. The molecule has 0 saturated carbocycles. The van der Waals surface area contributed by atoms with Crippen molar-refractivity contribution in [1.29, 1.82) is 0 Å². The Hall–Kier alpha value is -1.31. The maximum Gasteiger partial charge on any atom is 0.308 e. The van der Waals surface area contributed by atoms with Crippen molar-refractivity contribution in [2.75, 3.05) is 6.61 Å². The van der Waals surface area contributed by atoms with Crippen LogP contribution in [0.3, 0.4) is 0 Å². The standard InChI is InChI=1S/C54H102O2/c1-4-7-10-13-16-19-22-25-28-30-33-36-39-42-45-48-51-53(50-47-44-41-38-35-32-27-24-21-18-15-12-9-6-3)54(55)56-52-49-46-43-40-37-34-31-29-26-23-20-17-14-11-8-5-2/h25-29,32,53H,4-24,30-31,33-52H2,1-3H3/b28-25-,29-26-,32-27-. The van der Waals surface area contributed by atoms with Crippen LogP contribution in [0.5, 0.6) is 0 Å². The first kappa shape index (κ1) is 54.7. The van der Waals surface area contributed by atoms with E-state index in [-0.39, 0.29) is 11.9 Å². The normalized spacial score (nSPS) is 12.6. The van der Waals surface area contributed by atoms with E-state index in [0.717, 1.165) is 19.3 Å². The van der Waals surface area contributed by atoms with Crippen molar-refractivity contribution < 1.29 is 9.53 Å². The summed E-state index contributed by atoms with van der Waals surface area (Å²) >= 11 is 0. The fourth-order valence-electron chi connectivity index (χ4n) is 7.94. The Morgan fingerprint density at radius 1 is 0.321 bits per heavy atom. The number of hydrogen-bond acceptors (Lipinski definition) is 2. The fourth-order valence-corrected chi connectivity index (χ4v) is 7.94. The summed E-state index contributed by atoms with van der Waals surface area (Å²) in [6.07, 6.45) is 69.2. The Bertz CT molecular complexity index is 824. The van der Waals surface area contributed by atoms with E-state index in [0.29, 0.717) is 6.61 Å². The number of carbonyl (C=O) groups is 1. The Kier molecular flexibility index (Phi) is 48.7. The summed E-state index contributed by atoms with van der Waals surface area (Å²) in [6.45, 7) is 7.49. The van der Waals surface area contributed by atoms with Gasteiger partial charge in [-0.1, -0.05) is 231 Å². The van der Waals surface area contributed by atoms with Gasteiger partial charge < -0.3 is 4.74 Å². The van der Waals surface area contributed by atoms with Crippen LogP contribution in [0.15, 0.2) is 36.5 Å². The summed E-state index contributed by atoms with van der Waals surface area (Å²) in [5.41, 5.74) is 0. The van der Waals surface area contributed by atoms with Crippen LogP contribution in [0.4, 0.5) is 0 Å². The van der Waals surface area contributed by atoms with Gasteiger partial charge in [-0.2, -0.15) is 0 Å². The molecule has 0 radical (unpaired) electrons. The molecule has 0 spiro atoms. The predicted octanol–water partition coefficient (Wildman–Crippen LogP) is 19.3. The summed E-state index contributed by atoms with van der Waals surface area (Å²) in [5, 5.41) is 0. The van der Waals surface area contributed by atoms with E-state index in [1.807, 2.05) is 0 Å². The van der Waals surface area contributed by atoms with Gasteiger partial charge >= 0.3 is 5.97 Å². The third-order valence-electron chi connectivity index (χ3n) is 11.9. The van der Waals surface area contributed by atoms with E-state index in [4.69, 9.17) is 4.74 Å². The summed E-state index contributed by atoms with van der Waals surface area (Å²) < 4.78 is 5.91. The van der Waals surface area contributed by atoms with Crippen molar-refractivity contribution in [3.05, 3.63) is 36.5 Å². The SMILES string of the molecule is CCCCCCCC/C=C\CCCCCCCCOC(=O)C(CCCCCC/C=C\CCCCCCCC)CCCCCCCC/C=C\CCCCCCCC. The van der Waals surface area contributed by atoms with Crippen LogP contribution in [0, 0.1) is 5.92 Å². The van der Waals surface area contributed by atoms with E-state index in [9.17, 15) is 4.79 Å². The van der Waals surface area contributed by atoms with Crippen LogP contribution in [0.1, 0.15) is 290 Å². The summed E-state index contributed by atoms with van der Waals surface area (Å²) in [4.78, 5) is 13.2. The smallest absolute Gasteiger partial charge is 0.308 e. The average Bonchev–Trinajstić information content (AvgIpc) is 3.21. The molecule has 0 aliphatic carbocycles. The van der Waals surface area contributed by atoms with Crippen molar-refractivity contribution in [2.45, 2.75) is 290 Å². The molecule has 0 bridgehead atoms. The van der Waals surface area contributed by atoms with Crippen LogP contribution in [0.25, 0.3) is 0 Å². The molecule has 2 heteroatoms. The average molecular weight is 783 g/mol. The molecule has 1 atom stereocenters. The molecule has 0 aliphatic heterocycles. The maximum atomic E-state index is 13.2. The van der Waals surface area contributed by atoms with E-state index >= 15 is 0 Å². The van der Waals surface area contributed by atoms with Gasteiger partial charge in [0, 0.05) is 0 Å². The largest absolute Gasteiger partial charge is 0.465 e. The molecule has 0 aromatic carbocycles. The molecule has 0 heterocycles. The van der Waals surface area contributed by atoms with Crippen LogP contribution >= 0.6 is 0 Å². The molecule has 1 unspecified atom stereocenters. The van der Waals surface area contributed by atoms with Gasteiger partial charge in [-0.05, 0) is 96.3 Å². The van der Waals surface area contributed by atoms with Crippen LogP contribution in [-0.2, 0) is 9.53 Å². The molecule has 0 aromatic rings. The highest BCUT2D eigenvalue weighted by Crippen LogP contribution is 2.22. The molecule has 0 rings (SSSR count). The van der Waals surface area contributed by atoms with Gasteiger partial charge in [0.05, 0.1) is 12.5 Å². The molecule has 0 fully saturated rings. The lowest BCUT2D eigenvalue weighted by Gasteiger charge is -2.16. The second kappa shape index (κ2) is 49.8. The van der Waals surface area contributed by atoms with Gasteiger partial charge in [0.1, 0.15) is 0 Å². The number of esters is 1. The number of carbonyl (C=O) groups excluding carboxylic acids is 1. The lowest BCUT2D eigenvalue weighted by atomic mass is 9.94. The molecule has 330 valence electrons. The molecule has 0 N–H and O–H groups in total. The molecular weight excluding hydrogens is 681 g/mol. The molecular formula is C54H102O2. The summed E-state index contributed by atoms with van der Waals surface area (Å²) in [6, 6.07) is 0. The van der Waals surface area contributed by atoms with E-state index in [1.165, 1.54) is 250 Å². The summed E-state index contributed by atoms with van der Waals surface area (Å²) in [5.74, 6) is 0.209. The number of unbranched alkanes of at least 4 members (excludes halogenated alkanes) is 34. The third-order valence-corrected chi connectivity index (χ3v) is 11.9. The zero-order chi connectivity index (χ0) is 40.5. The maximum absolute atomic E-state index is 13.2. The molecule has 56 heavy (non-hydrogen) atoms.